The molecule has 0 saturated carbocycles. The van der Waals surface area contributed by atoms with Crippen molar-refractivity contribution in [2.75, 3.05) is 18.1 Å². The van der Waals surface area contributed by atoms with Crippen molar-refractivity contribution < 1.29 is 13.9 Å². The number of ether oxygens (including phenoxy) is 1. The van der Waals surface area contributed by atoms with Gasteiger partial charge < -0.3 is 9.64 Å². The molecule has 0 unspecified atom stereocenters. The molecular weight excluding hydrogens is 599 g/mol. The van der Waals surface area contributed by atoms with Crippen molar-refractivity contribution in [1.82, 2.24) is 4.98 Å². The van der Waals surface area contributed by atoms with E-state index in [-0.39, 0.29) is 11.3 Å². The number of hydrogen-bond donors (Lipinski definition) is 0. The van der Waals surface area contributed by atoms with Crippen molar-refractivity contribution >= 4 is 66.5 Å². The smallest absolute Gasteiger partial charge is 0.259 e. The highest BCUT2D eigenvalue weighted by Crippen LogP contribution is 2.43. The number of halogens is 3. The molecule has 5 rings (SSSR count). The second-order valence-electron chi connectivity index (χ2n) is 9.65. The summed E-state index contributed by atoms with van der Waals surface area (Å²) in [5.41, 5.74) is 4.09. The lowest BCUT2D eigenvalue weighted by Gasteiger charge is -2.21. The Kier molecular flexibility index (Phi) is 6.94. The second kappa shape index (κ2) is 10.0. The van der Waals surface area contributed by atoms with Crippen LogP contribution in [0.3, 0.4) is 0 Å². The molecule has 1 amide bonds. The molecule has 1 aromatic heterocycles. The van der Waals surface area contributed by atoms with E-state index in [4.69, 9.17) is 9.72 Å². The molecule has 0 atom stereocenters. The molecule has 0 bridgehead atoms. The van der Waals surface area contributed by atoms with E-state index in [1.165, 1.54) is 6.07 Å². The number of aromatic nitrogens is 1. The fourth-order valence-electron chi connectivity index (χ4n) is 4.70. The van der Waals surface area contributed by atoms with E-state index in [0.717, 1.165) is 26.7 Å². The Bertz CT molecular complexity index is 1550. The maximum absolute atomic E-state index is 14.5. The van der Waals surface area contributed by atoms with Gasteiger partial charge in [0.05, 0.1) is 33.5 Å². The van der Waals surface area contributed by atoms with Gasteiger partial charge in [0.1, 0.15) is 11.6 Å². The summed E-state index contributed by atoms with van der Waals surface area (Å²) in [4.78, 5) is 20.5. The minimum absolute atomic E-state index is 0.185. The van der Waals surface area contributed by atoms with Crippen LogP contribution < -0.4 is 9.64 Å². The number of fused-ring (bicyclic) bond motifs is 2. The lowest BCUT2D eigenvalue weighted by atomic mass is 9.87. The minimum atomic E-state index is -0.393. The summed E-state index contributed by atoms with van der Waals surface area (Å²) >= 11 is 6.82. The average Bonchev–Trinajstić information content (AvgIpc) is 3.13. The Labute approximate surface area is 232 Å². The first-order valence-corrected chi connectivity index (χ1v) is 13.6. The Morgan fingerprint density at radius 2 is 1.84 bits per heavy atom. The Morgan fingerprint density at radius 1 is 1.08 bits per heavy atom. The zero-order valence-electron chi connectivity index (χ0n) is 20.7. The van der Waals surface area contributed by atoms with Gasteiger partial charge in [0.2, 0.25) is 0 Å². The standard InChI is InChI=1S/C30H25Br2FN2O2/c1-4-37-21-10-6-18(7-11-21)5-9-20-14-23(22-13-19(31)8-12-27(22)34-20)29(36)35-17-30(2,3)24-15-25(32)26(33)16-28(24)35/h5-16H,4,17H2,1-3H3/b9-5+. The first kappa shape index (κ1) is 25.6. The van der Waals surface area contributed by atoms with E-state index in [0.29, 0.717) is 40.1 Å². The third-order valence-electron chi connectivity index (χ3n) is 6.52. The van der Waals surface area contributed by atoms with Crippen molar-refractivity contribution in [3.63, 3.8) is 0 Å². The number of benzene rings is 3. The van der Waals surface area contributed by atoms with Crippen LogP contribution in [-0.4, -0.2) is 24.0 Å². The van der Waals surface area contributed by atoms with Crippen molar-refractivity contribution in [1.29, 1.82) is 0 Å². The van der Waals surface area contributed by atoms with Crippen LogP contribution in [0, 0.1) is 5.82 Å². The van der Waals surface area contributed by atoms with Crippen LogP contribution in [0.4, 0.5) is 10.1 Å². The van der Waals surface area contributed by atoms with Gasteiger partial charge in [-0.25, -0.2) is 9.37 Å². The fourth-order valence-corrected chi connectivity index (χ4v) is 5.40. The van der Waals surface area contributed by atoms with Crippen molar-refractivity contribution in [3.05, 3.63) is 97.8 Å². The molecule has 4 aromatic rings. The number of carbonyl (C=O) groups excluding carboxylic acids is 1. The molecule has 4 nitrogen and oxygen atoms in total. The van der Waals surface area contributed by atoms with Gasteiger partial charge >= 0.3 is 0 Å². The second-order valence-corrected chi connectivity index (χ2v) is 11.4. The van der Waals surface area contributed by atoms with Gasteiger partial charge in [0, 0.05) is 21.8 Å². The van der Waals surface area contributed by atoms with Crippen LogP contribution in [0.1, 0.15) is 48.0 Å². The van der Waals surface area contributed by atoms with Crippen LogP contribution in [0.2, 0.25) is 0 Å². The van der Waals surface area contributed by atoms with Crippen LogP contribution in [0.5, 0.6) is 5.75 Å². The molecule has 0 radical (unpaired) electrons. The molecule has 0 fully saturated rings. The molecule has 2 heterocycles. The molecular formula is C30H25Br2FN2O2. The maximum Gasteiger partial charge on any atom is 0.259 e. The van der Waals surface area contributed by atoms with Gasteiger partial charge in [-0.15, -0.1) is 0 Å². The van der Waals surface area contributed by atoms with Crippen molar-refractivity contribution in [2.45, 2.75) is 26.2 Å². The third kappa shape index (κ3) is 5.07. The number of rotatable bonds is 5. The van der Waals surface area contributed by atoms with Gasteiger partial charge in [-0.2, -0.15) is 0 Å². The van der Waals surface area contributed by atoms with E-state index >= 15 is 0 Å². The highest BCUT2D eigenvalue weighted by Gasteiger charge is 2.39. The van der Waals surface area contributed by atoms with Crippen molar-refractivity contribution in [3.8, 4) is 5.75 Å². The van der Waals surface area contributed by atoms with Crippen LogP contribution in [0.25, 0.3) is 23.1 Å². The monoisotopic (exact) mass is 622 g/mol. The third-order valence-corrected chi connectivity index (χ3v) is 7.62. The summed E-state index contributed by atoms with van der Waals surface area (Å²) < 4.78 is 21.3. The molecule has 0 spiro atoms. The first-order chi connectivity index (χ1) is 17.7. The van der Waals surface area contributed by atoms with Gasteiger partial charge in [-0.1, -0.05) is 48.0 Å². The summed E-state index contributed by atoms with van der Waals surface area (Å²) in [6, 6.07) is 18.5. The Morgan fingerprint density at radius 3 is 2.57 bits per heavy atom. The lowest BCUT2D eigenvalue weighted by Crippen LogP contribution is -2.34. The number of hydrogen-bond acceptors (Lipinski definition) is 3. The van der Waals surface area contributed by atoms with Gasteiger partial charge in [-0.05, 0) is 88.6 Å². The lowest BCUT2D eigenvalue weighted by molar-refractivity contribution is 0.0987. The largest absolute Gasteiger partial charge is 0.494 e. The molecule has 1 aliphatic rings. The van der Waals surface area contributed by atoms with Crippen LogP contribution >= 0.6 is 31.9 Å². The number of carbonyl (C=O) groups is 1. The van der Waals surface area contributed by atoms with Gasteiger partial charge in [-0.3, -0.25) is 4.79 Å². The summed E-state index contributed by atoms with van der Waals surface area (Å²) in [6.45, 7) is 7.15. The van der Waals surface area contributed by atoms with Gasteiger partial charge in [0.15, 0.2) is 0 Å². The normalized spacial score (nSPS) is 14.4. The number of pyridine rings is 1. The SMILES string of the molecule is CCOc1ccc(/C=C/c2cc(C(=O)N3CC(C)(C)c4cc(Br)c(F)cc43)c3cc(Br)ccc3n2)cc1. The van der Waals surface area contributed by atoms with Crippen LogP contribution in [-0.2, 0) is 5.41 Å². The molecule has 7 heteroatoms. The first-order valence-electron chi connectivity index (χ1n) is 12.0. The average molecular weight is 624 g/mol. The van der Waals surface area contributed by atoms with Crippen LogP contribution in [0.15, 0.2) is 69.6 Å². The zero-order chi connectivity index (χ0) is 26.3. The predicted octanol–water partition coefficient (Wildman–Crippen LogP) is 8.41. The fraction of sp³-hybridized carbons (Fsp3) is 0.200. The van der Waals surface area contributed by atoms with Crippen molar-refractivity contribution in [2.24, 2.45) is 0 Å². The zero-order valence-corrected chi connectivity index (χ0v) is 23.9. The van der Waals surface area contributed by atoms with Gasteiger partial charge in [0.25, 0.3) is 5.91 Å². The molecule has 1 aliphatic heterocycles. The van der Waals surface area contributed by atoms with E-state index in [1.807, 2.05) is 67.6 Å². The van der Waals surface area contributed by atoms with E-state index in [1.54, 1.807) is 11.0 Å². The Hall–Kier alpha value is -3.03. The summed E-state index contributed by atoms with van der Waals surface area (Å²) in [7, 11) is 0. The predicted molar refractivity (Wildman–Crippen MR) is 155 cm³/mol. The Balaban J connectivity index is 1.57. The summed E-state index contributed by atoms with van der Waals surface area (Å²) in [5.74, 6) is 0.240. The topological polar surface area (TPSA) is 42.4 Å². The van der Waals surface area contributed by atoms with E-state index in [2.05, 4.69) is 45.7 Å². The molecule has 0 saturated heterocycles. The quantitative estimate of drug-likeness (QED) is 0.224. The molecule has 37 heavy (non-hydrogen) atoms. The molecule has 188 valence electrons. The number of anilines is 1. The molecule has 3 aromatic carbocycles. The number of amides is 1. The maximum atomic E-state index is 14.5. The minimum Gasteiger partial charge on any atom is -0.494 e. The van der Waals surface area contributed by atoms with E-state index in [9.17, 15) is 9.18 Å². The number of nitrogens with zero attached hydrogens (tertiary/aromatic N) is 2. The summed E-state index contributed by atoms with van der Waals surface area (Å²) in [5, 5.41) is 0.737. The summed E-state index contributed by atoms with van der Waals surface area (Å²) in [6.07, 6.45) is 3.85. The van der Waals surface area contributed by atoms with E-state index < -0.39 is 5.82 Å². The molecule has 0 aliphatic carbocycles. The highest BCUT2D eigenvalue weighted by atomic mass is 79.9. The molecule has 0 N–H and O–H groups in total. The highest BCUT2D eigenvalue weighted by molar-refractivity contribution is 9.10.